The smallest absolute Gasteiger partial charge is 0.295 e. The average Bonchev–Trinajstić information content (AvgIpc) is 3.32. The molecule has 1 unspecified atom stereocenters. The number of aromatic nitrogens is 2. The summed E-state index contributed by atoms with van der Waals surface area (Å²) in [4.78, 5) is 19.0. The van der Waals surface area contributed by atoms with E-state index in [1.54, 1.807) is 13.0 Å². The fourth-order valence-corrected chi connectivity index (χ4v) is 3.16. The van der Waals surface area contributed by atoms with Crippen LogP contribution in [0.5, 0.6) is 5.75 Å². The number of nitrogens with one attached hydrogen (secondary N) is 2. The van der Waals surface area contributed by atoms with Gasteiger partial charge < -0.3 is 19.5 Å². The number of nitrogens with zero attached hydrogens (tertiary/aromatic N) is 1. The molecule has 2 aromatic carbocycles. The van der Waals surface area contributed by atoms with E-state index in [0.29, 0.717) is 40.3 Å². The van der Waals surface area contributed by atoms with E-state index in [-0.39, 0.29) is 5.91 Å². The molecule has 0 aliphatic heterocycles. The van der Waals surface area contributed by atoms with E-state index in [9.17, 15) is 13.6 Å². The second kappa shape index (κ2) is 7.54. The van der Waals surface area contributed by atoms with Gasteiger partial charge in [-0.1, -0.05) is 12.1 Å². The second-order valence-electron chi connectivity index (χ2n) is 6.61. The van der Waals surface area contributed by atoms with Gasteiger partial charge in [-0.15, -0.1) is 0 Å². The number of carbonyl (C=O) groups is 1. The quantitative estimate of drug-likeness (QED) is 0.471. The summed E-state index contributed by atoms with van der Waals surface area (Å²) in [6.45, 7) is 4.22. The van der Waals surface area contributed by atoms with Gasteiger partial charge in [-0.05, 0) is 44.2 Å². The number of amides is 1. The number of H-pyrrole nitrogens is 1. The van der Waals surface area contributed by atoms with Gasteiger partial charge in [0.2, 0.25) is 0 Å². The Kier molecular flexibility index (Phi) is 4.92. The first-order valence-corrected chi connectivity index (χ1v) is 9.20. The highest BCUT2D eigenvalue weighted by Gasteiger charge is 2.18. The number of hydrogen-bond acceptors (Lipinski definition) is 4. The third-order valence-electron chi connectivity index (χ3n) is 4.57. The molecule has 1 atom stereocenters. The van der Waals surface area contributed by atoms with Gasteiger partial charge in [0.15, 0.2) is 17.2 Å². The maximum atomic E-state index is 12.8. The topological polar surface area (TPSA) is 80.1 Å². The van der Waals surface area contributed by atoms with Crippen LogP contribution in [0.1, 0.15) is 48.3 Å². The second-order valence-corrected chi connectivity index (χ2v) is 6.61. The molecule has 0 saturated carbocycles. The lowest BCUT2D eigenvalue weighted by Gasteiger charge is -2.11. The molecule has 2 heterocycles. The van der Waals surface area contributed by atoms with Crippen molar-refractivity contribution in [2.24, 2.45) is 0 Å². The third-order valence-corrected chi connectivity index (χ3v) is 4.57. The molecule has 0 aliphatic rings. The molecular weight excluding hydrogens is 380 g/mol. The molecule has 2 aromatic heterocycles. The van der Waals surface area contributed by atoms with Crippen LogP contribution < -0.4 is 10.1 Å². The highest BCUT2D eigenvalue weighted by Crippen LogP contribution is 2.31. The summed E-state index contributed by atoms with van der Waals surface area (Å²) in [6.07, 6.45) is -2.70. The van der Waals surface area contributed by atoms with Crippen molar-refractivity contribution >= 4 is 27.9 Å². The number of halogens is 2. The predicted molar refractivity (Wildman–Crippen MR) is 104 cm³/mol. The van der Waals surface area contributed by atoms with E-state index >= 15 is 0 Å². The van der Waals surface area contributed by atoms with E-state index in [4.69, 9.17) is 9.15 Å². The molecule has 0 radical (unpaired) electrons. The number of furan rings is 1. The largest absolute Gasteiger partial charge is 0.490 e. The Morgan fingerprint density at radius 3 is 2.86 bits per heavy atom. The fourth-order valence-electron chi connectivity index (χ4n) is 3.16. The summed E-state index contributed by atoms with van der Waals surface area (Å²) < 4.78 is 37.1. The van der Waals surface area contributed by atoms with Gasteiger partial charge in [0.1, 0.15) is 5.76 Å². The van der Waals surface area contributed by atoms with Crippen LogP contribution >= 0.6 is 0 Å². The molecule has 150 valence electrons. The van der Waals surface area contributed by atoms with E-state index in [2.05, 4.69) is 15.3 Å². The SMILES string of the molecule is CCOc1cccc2cc(C(C)NC(=O)c3ccc4nc(C(F)F)[nH]c4c3)oc12. The first-order valence-electron chi connectivity index (χ1n) is 9.20. The van der Waals surface area contributed by atoms with E-state index < -0.39 is 18.3 Å². The van der Waals surface area contributed by atoms with E-state index in [1.807, 2.05) is 31.2 Å². The molecule has 0 aliphatic carbocycles. The molecule has 4 rings (SSSR count). The maximum absolute atomic E-state index is 12.8. The predicted octanol–water partition coefficient (Wildman–Crippen LogP) is 5.14. The lowest BCUT2D eigenvalue weighted by Crippen LogP contribution is -2.26. The van der Waals surface area contributed by atoms with Crippen LogP contribution in [0.2, 0.25) is 0 Å². The summed E-state index contributed by atoms with van der Waals surface area (Å²) >= 11 is 0. The van der Waals surface area contributed by atoms with Crippen LogP contribution in [0.25, 0.3) is 22.0 Å². The van der Waals surface area contributed by atoms with Crippen LogP contribution in [0.4, 0.5) is 8.78 Å². The van der Waals surface area contributed by atoms with E-state index in [1.165, 1.54) is 12.1 Å². The van der Waals surface area contributed by atoms with Crippen LogP contribution in [0.3, 0.4) is 0 Å². The van der Waals surface area contributed by atoms with Crippen molar-refractivity contribution in [3.63, 3.8) is 0 Å². The van der Waals surface area contributed by atoms with Gasteiger partial charge in [-0.2, -0.15) is 0 Å². The Hall–Kier alpha value is -3.42. The first-order chi connectivity index (χ1) is 14.0. The Bertz CT molecular complexity index is 1180. The lowest BCUT2D eigenvalue weighted by atomic mass is 10.1. The van der Waals surface area contributed by atoms with Gasteiger partial charge in [0.25, 0.3) is 12.3 Å². The number of hydrogen-bond donors (Lipinski definition) is 2. The number of aromatic amines is 1. The zero-order valence-corrected chi connectivity index (χ0v) is 15.8. The number of rotatable bonds is 6. The highest BCUT2D eigenvalue weighted by atomic mass is 19.3. The number of carbonyl (C=O) groups excluding carboxylic acids is 1. The molecular formula is C21H19F2N3O3. The molecule has 1 amide bonds. The summed E-state index contributed by atoms with van der Waals surface area (Å²) in [7, 11) is 0. The average molecular weight is 399 g/mol. The Balaban J connectivity index is 1.55. The van der Waals surface area contributed by atoms with Gasteiger partial charge in [-0.3, -0.25) is 4.79 Å². The lowest BCUT2D eigenvalue weighted by molar-refractivity contribution is 0.0936. The van der Waals surface area contributed by atoms with Crippen LogP contribution in [-0.2, 0) is 0 Å². The summed E-state index contributed by atoms with van der Waals surface area (Å²) in [5.41, 5.74) is 1.72. The van der Waals surface area contributed by atoms with Gasteiger partial charge >= 0.3 is 0 Å². The van der Waals surface area contributed by atoms with Crippen molar-refractivity contribution in [3.05, 3.63) is 59.6 Å². The van der Waals surface area contributed by atoms with Crippen molar-refractivity contribution in [2.75, 3.05) is 6.61 Å². The van der Waals surface area contributed by atoms with Crippen molar-refractivity contribution in [2.45, 2.75) is 26.3 Å². The first kappa shape index (κ1) is 18.9. The molecule has 0 spiro atoms. The molecule has 8 heteroatoms. The number of ether oxygens (including phenoxy) is 1. The number of fused-ring (bicyclic) bond motifs is 2. The third kappa shape index (κ3) is 3.65. The normalized spacial score (nSPS) is 12.6. The number of imidazole rings is 1. The Labute approximate surface area is 164 Å². The van der Waals surface area contributed by atoms with Crippen molar-refractivity contribution in [1.82, 2.24) is 15.3 Å². The molecule has 2 N–H and O–H groups in total. The van der Waals surface area contributed by atoms with Crippen LogP contribution in [0.15, 0.2) is 46.9 Å². The summed E-state index contributed by atoms with van der Waals surface area (Å²) in [5.74, 6) is 0.466. The minimum Gasteiger partial charge on any atom is -0.490 e. The van der Waals surface area contributed by atoms with Crippen LogP contribution in [-0.4, -0.2) is 22.5 Å². The van der Waals surface area contributed by atoms with Gasteiger partial charge in [0.05, 0.1) is 23.7 Å². The molecule has 0 fully saturated rings. The summed E-state index contributed by atoms with van der Waals surface area (Å²) in [5, 5.41) is 3.74. The van der Waals surface area contributed by atoms with Crippen LogP contribution in [0, 0.1) is 0 Å². The maximum Gasteiger partial charge on any atom is 0.295 e. The molecule has 6 nitrogen and oxygen atoms in total. The zero-order chi connectivity index (χ0) is 20.5. The Morgan fingerprint density at radius 1 is 1.28 bits per heavy atom. The van der Waals surface area contributed by atoms with Gasteiger partial charge in [0, 0.05) is 10.9 Å². The van der Waals surface area contributed by atoms with Crippen molar-refractivity contribution in [3.8, 4) is 5.75 Å². The van der Waals surface area contributed by atoms with E-state index in [0.717, 1.165) is 5.39 Å². The minimum absolute atomic E-state index is 0.333. The molecule has 4 aromatic rings. The number of para-hydroxylation sites is 1. The molecule has 0 saturated heterocycles. The highest BCUT2D eigenvalue weighted by molar-refractivity contribution is 5.97. The monoisotopic (exact) mass is 399 g/mol. The van der Waals surface area contributed by atoms with Crippen molar-refractivity contribution < 1.29 is 22.7 Å². The van der Waals surface area contributed by atoms with Crippen molar-refractivity contribution in [1.29, 1.82) is 0 Å². The summed E-state index contributed by atoms with van der Waals surface area (Å²) in [6, 6.07) is 11.7. The number of alkyl halides is 2. The zero-order valence-electron chi connectivity index (χ0n) is 15.8. The number of benzene rings is 2. The molecule has 0 bridgehead atoms. The minimum atomic E-state index is -2.70. The molecule has 29 heavy (non-hydrogen) atoms. The van der Waals surface area contributed by atoms with Gasteiger partial charge in [-0.25, -0.2) is 13.8 Å². The standard InChI is InChI=1S/C21H19F2N3O3/c1-3-28-16-6-4-5-12-10-17(29-18(12)16)11(2)24-21(27)13-7-8-14-15(9-13)26-20(25-14)19(22)23/h4-11,19H,3H2,1-2H3,(H,24,27)(H,25,26). The Morgan fingerprint density at radius 2 is 2.10 bits per heavy atom. The fraction of sp³-hybridized carbons (Fsp3) is 0.238.